The topological polar surface area (TPSA) is 0 Å². The molecule has 0 spiro atoms. The fourth-order valence-corrected chi connectivity index (χ4v) is 0.994. The van der Waals surface area contributed by atoms with E-state index in [9.17, 15) is 8.78 Å². The maximum atomic E-state index is 11.9. The molecule has 0 unspecified atom stereocenters. The molecule has 0 amide bonds. The van der Waals surface area contributed by atoms with Gasteiger partial charge in [0.25, 0.3) is 0 Å². The molecule has 0 atom stereocenters. The number of halogens is 2. The zero-order chi connectivity index (χ0) is 11.1. The van der Waals surface area contributed by atoms with Crippen molar-refractivity contribution in [2.24, 2.45) is 0 Å². The van der Waals surface area contributed by atoms with Crippen LogP contribution in [0, 0.1) is 18.6 Å². The van der Waals surface area contributed by atoms with Crippen LogP contribution in [0.3, 0.4) is 0 Å². The highest BCUT2D eigenvalue weighted by atomic mass is 19.1. The Morgan fingerprint density at radius 1 is 0.733 bits per heavy atom. The molecule has 15 heavy (non-hydrogen) atoms. The molecule has 0 saturated carbocycles. The van der Waals surface area contributed by atoms with Crippen LogP contribution in [0.25, 0.3) is 0 Å². The largest absolute Gasteiger partial charge is 0.207 e. The minimum Gasteiger partial charge on any atom is -0.207 e. The lowest BCUT2D eigenvalue weighted by Gasteiger charge is -1.84. The van der Waals surface area contributed by atoms with E-state index in [2.05, 4.69) is 19.1 Å². The lowest BCUT2D eigenvalue weighted by Crippen LogP contribution is -1.73. The van der Waals surface area contributed by atoms with Crippen molar-refractivity contribution in [3.05, 3.63) is 71.8 Å². The minimum absolute atomic E-state index is 0.537. The van der Waals surface area contributed by atoms with E-state index in [1.165, 1.54) is 23.8 Å². The van der Waals surface area contributed by atoms with Crippen molar-refractivity contribution >= 4 is 0 Å². The molecule has 0 radical (unpaired) electrons. The van der Waals surface area contributed by atoms with Crippen molar-refractivity contribution in [2.45, 2.75) is 6.92 Å². The van der Waals surface area contributed by atoms with E-state index in [1.54, 1.807) is 0 Å². The summed E-state index contributed by atoms with van der Waals surface area (Å²) in [5, 5.41) is 0. The van der Waals surface area contributed by atoms with E-state index in [1.807, 2.05) is 18.2 Å². The standard InChI is InChI=1S/C7H8.C6H4F2/c1-7-5-3-2-4-6-7;7-5-2-1-3-6(8)4-5/h2-6H,1H3;1-4H. The molecule has 0 aliphatic rings. The van der Waals surface area contributed by atoms with Crippen molar-refractivity contribution in [1.82, 2.24) is 0 Å². The summed E-state index contributed by atoms with van der Waals surface area (Å²) in [4.78, 5) is 0. The first-order valence-electron chi connectivity index (χ1n) is 4.61. The molecule has 78 valence electrons. The van der Waals surface area contributed by atoms with Crippen LogP contribution < -0.4 is 0 Å². The predicted molar refractivity (Wildman–Crippen MR) is 57.5 cm³/mol. The third-order valence-electron chi connectivity index (χ3n) is 1.73. The second-order valence-electron chi connectivity index (χ2n) is 3.09. The molecule has 2 heteroatoms. The van der Waals surface area contributed by atoms with Crippen LogP contribution in [-0.2, 0) is 0 Å². The molecule has 0 nitrogen and oxygen atoms in total. The molecule has 0 aliphatic carbocycles. The molecule has 0 fully saturated rings. The van der Waals surface area contributed by atoms with Gasteiger partial charge in [0.15, 0.2) is 0 Å². The average Bonchev–Trinajstić information content (AvgIpc) is 2.19. The van der Waals surface area contributed by atoms with Crippen molar-refractivity contribution in [2.75, 3.05) is 0 Å². The molecule has 0 N–H and O–H groups in total. The minimum atomic E-state index is -0.537. The third kappa shape index (κ3) is 4.91. The summed E-state index contributed by atoms with van der Waals surface area (Å²) in [5.41, 5.74) is 1.32. The summed E-state index contributed by atoms with van der Waals surface area (Å²) in [6.07, 6.45) is 0. The Morgan fingerprint density at radius 2 is 1.27 bits per heavy atom. The Kier molecular flexibility index (Phi) is 4.48. The van der Waals surface area contributed by atoms with Crippen molar-refractivity contribution in [3.8, 4) is 0 Å². The van der Waals surface area contributed by atoms with Gasteiger partial charge in [-0.25, -0.2) is 8.78 Å². The molecule has 2 aromatic carbocycles. The average molecular weight is 206 g/mol. The van der Waals surface area contributed by atoms with Gasteiger partial charge in [-0.15, -0.1) is 0 Å². The van der Waals surface area contributed by atoms with Crippen LogP contribution in [0.4, 0.5) is 8.78 Å². The molecule has 0 saturated heterocycles. The molecule has 0 aliphatic heterocycles. The number of rotatable bonds is 0. The zero-order valence-electron chi connectivity index (χ0n) is 8.45. The highest BCUT2D eigenvalue weighted by molar-refractivity contribution is 5.11. The van der Waals surface area contributed by atoms with Crippen LogP contribution in [0.1, 0.15) is 5.56 Å². The first kappa shape index (κ1) is 11.4. The van der Waals surface area contributed by atoms with Crippen molar-refractivity contribution in [1.29, 1.82) is 0 Å². The highest BCUT2D eigenvalue weighted by Gasteiger charge is 1.88. The van der Waals surface area contributed by atoms with Gasteiger partial charge in [0.05, 0.1) is 0 Å². The number of aryl methyl sites for hydroxylation is 1. The lowest BCUT2D eigenvalue weighted by molar-refractivity contribution is 0.583. The molecule has 2 rings (SSSR count). The number of benzene rings is 2. The van der Waals surface area contributed by atoms with Gasteiger partial charge in [-0.3, -0.25) is 0 Å². The van der Waals surface area contributed by atoms with Gasteiger partial charge in [0, 0.05) is 6.07 Å². The maximum absolute atomic E-state index is 11.9. The Hall–Kier alpha value is -1.70. The normalized spacial score (nSPS) is 9.00. The monoisotopic (exact) mass is 206 g/mol. The summed E-state index contributed by atoms with van der Waals surface area (Å²) in [6, 6.07) is 14.8. The van der Waals surface area contributed by atoms with Gasteiger partial charge < -0.3 is 0 Å². The van der Waals surface area contributed by atoms with E-state index in [-0.39, 0.29) is 0 Å². The van der Waals surface area contributed by atoms with Gasteiger partial charge >= 0.3 is 0 Å². The Morgan fingerprint density at radius 3 is 1.53 bits per heavy atom. The second kappa shape index (κ2) is 5.91. The molecule has 0 bridgehead atoms. The van der Waals surface area contributed by atoms with Crippen LogP contribution >= 0.6 is 0 Å². The molecule has 0 aromatic heterocycles. The van der Waals surface area contributed by atoms with Crippen molar-refractivity contribution in [3.63, 3.8) is 0 Å². The number of hydrogen-bond acceptors (Lipinski definition) is 0. The van der Waals surface area contributed by atoms with E-state index in [0.717, 1.165) is 6.07 Å². The molecular weight excluding hydrogens is 194 g/mol. The van der Waals surface area contributed by atoms with Gasteiger partial charge in [0.2, 0.25) is 0 Å². The van der Waals surface area contributed by atoms with Crippen LogP contribution in [0.2, 0.25) is 0 Å². The van der Waals surface area contributed by atoms with Crippen LogP contribution in [0.5, 0.6) is 0 Å². The third-order valence-corrected chi connectivity index (χ3v) is 1.73. The Labute approximate surface area is 88.2 Å². The smallest absolute Gasteiger partial charge is 0.126 e. The lowest BCUT2D eigenvalue weighted by atomic mass is 10.2. The number of hydrogen-bond donors (Lipinski definition) is 0. The SMILES string of the molecule is Cc1ccccc1.Fc1cccc(F)c1. The molecule has 2 aromatic rings. The van der Waals surface area contributed by atoms with E-state index >= 15 is 0 Å². The van der Waals surface area contributed by atoms with Gasteiger partial charge in [0.1, 0.15) is 11.6 Å². The van der Waals surface area contributed by atoms with Crippen LogP contribution in [0.15, 0.2) is 54.6 Å². The first-order chi connectivity index (χ1) is 7.18. The molecule has 0 heterocycles. The van der Waals surface area contributed by atoms with E-state index in [0.29, 0.717) is 0 Å². The Balaban J connectivity index is 0.000000151. The summed E-state index contributed by atoms with van der Waals surface area (Å²) < 4.78 is 23.9. The van der Waals surface area contributed by atoms with Gasteiger partial charge in [-0.05, 0) is 19.1 Å². The van der Waals surface area contributed by atoms with E-state index < -0.39 is 11.6 Å². The second-order valence-corrected chi connectivity index (χ2v) is 3.09. The summed E-state index contributed by atoms with van der Waals surface area (Å²) in [5.74, 6) is -1.07. The Bertz CT molecular complexity index is 379. The quantitative estimate of drug-likeness (QED) is 0.612. The summed E-state index contributed by atoms with van der Waals surface area (Å²) >= 11 is 0. The zero-order valence-corrected chi connectivity index (χ0v) is 8.45. The first-order valence-corrected chi connectivity index (χ1v) is 4.61. The molecular formula is C13H12F2. The van der Waals surface area contributed by atoms with E-state index in [4.69, 9.17) is 0 Å². The fraction of sp³-hybridized carbons (Fsp3) is 0.0769. The maximum Gasteiger partial charge on any atom is 0.126 e. The van der Waals surface area contributed by atoms with Crippen molar-refractivity contribution < 1.29 is 8.78 Å². The fourth-order valence-electron chi connectivity index (χ4n) is 0.994. The highest BCUT2D eigenvalue weighted by Crippen LogP contribution is 1.99. The van der Waals surface area contributed by atoms with Crippen LogP contribution in [-0.4, -0.2) is 0 Å². The van der Waals surface area contributed by atoms with Gasteiger partial charge in [-0.2, -0.15) is 0 Å². The summed E-state index contributed by atoms with van der Waals surface area (Å²) in [6.45, 7) is 2.08. The van der Waals surface area contributed by atoms with Gasteiger partial charge in [-0.1, -0.05) is 42.0 Å². The predicted octanol–water partition coefficient (Wildman–Crippen LogP) is 3.96. The summed E-state index contributed by atoms with van der Waals surface area (Å²) in [7, 11) is 0.